The van der Waals surface area contributed by atoms with Gasteiger partial charge in [-0.2, -0.15) is 0 Å². The Kier molecular flexibility index (Phi) is 4.77. The maximum atomic E-state index is 12.5. The van der Waals surface area contributed by atoms with Crippen LogP contribution in [0.5, 0.6) is 0 Å². The average Bonchev–Trinajstić information content (AvgIpc) is 2.46. The first-order valence-corrected chi connectivity index (χ1v) is 6.60. The van der Waals surface area contributed by atoms with E-state index in [2.05, 4.69) is 10.4 Å². The second-order valence-electron chi connectivity index (χ2n) is 4.65. The number of nitrogens with zero attached hydrogens (tertiary/aromatic N) is 2. The Labute approximate surface area is 121 Å². The predicted octanol–water partition coefficient (Wildman–Crippen LogP) is 0.242. The van der Waals surface area contributed by atoms with Gasteiger partial charge in [0.25, 0.3) is 5.91 Å². The molecule has 4 N–H and O–H groups in total. The van der Waals surface area contributed by atoms with Crippen LogP contribution in [0, 0.1) is 0 Å². The number of halogens is 1. The number of aliphatic hydroxyl groups is 1. The second-order valence-corrected chi connectivity index (χ2v) is 5.04. The third-order valence-corrected chi connectivity index (χ3v) is 3.35. The molecule has 2 rings (SSSR count). The molecule has 7 nitrogen and oxygen atoms in total. The molecule has 2 atom stereocenters. The van der Waals surface area contributed by atoms with Gasteiger partial charge in [-0.15, -0.1) is 0 Å². The Morgan fingerprint density at radius 1 is 1.70 bits per heavy atom. The summed E-state index contributed by atoms with van der Waals surface area (Å²) in [6.45, 7) is 2.49. The van der Waals surface area contributed by atoms with Gasteiger partial charge in [0.2, 0.25) is 0 Å². The summed E-state index contributed by atoms with van der Waals surface area (Å²) in [5.41, 5.74) is 2.76. The van der Waals surface area contributed by atoms with E-state index in [9.17, 15) is 4.79 Å². The smallest absolute Gasteiger partial charge is 0.254 e. The lowest BCUT2D eigenvalue weighted by Gasteiger charge is -2.37. The number of aromatic nitrogens is 1. The van der Waals surface area contributed by atoms with Gasteiger partial charge in [0, 0.05) is 12.1 Å². The molecule has 1 saturated heterocycles. The first-order chi connectivity index (χ1) is 9.55. The highest BCUT2D eigenvalue weighted by molar-refractivity contribution is 6.29. The Bertz CT molecular complexity index is 500. The fraction of sp³-hybridized carbons (Fsp3) is 0.500. The Morgan fingerprint density at radius 3 is 3.10 bits per heavy atom. The molecule has 1 aliphatic rings. The van der Waals surface area contributed by atoms with Crippen LogP contribution in [0.4, 0.5) is 5.82 Å². The lowest BCUT2D eigenvalue weighted by atomic mass is 10.1. The van der Waals surface area contributed by atoms with Gasteiger partial charge in [0.15, 0.2) is 0 Å². The Hall–Kier alpha value is -1.41. The zero-order valence-electron chi connectivity index (χ0n) is 11.0. The first kappa shape index (κ1) is 15.0. The molecule has 0 spiro atoms. The molecule has 110 valence electrons. The standard InChI is InChI=1S/C12H17ClN4O3/c1-7-6-20-9(5-18)4-17(7)12(19)8-2-10(13)15-11(3-8)16-14/h2-3,7,9,18H,4-6,14H2,1H3,(H,15,16). The van der Waals surface area contributed by atoms with Crippen molar-refractivity contribution in [1.29, 1.82) is 0 Å². The van der Waals surface area contributed by atoms with E-state index in [0.717, 1.165) is 0 Å². The number of hydrazine groups is 1. The van der Waals surface area contributed by atoms with Crippen molar-refractivity contribution in [1.82, 2.24) is 9.88 Å². The van der Waals surface area contributed by atoms with Gasteiger partial charge in [-0.05, 0) is 19.1 Å². The van der Waals surface area contributed by atoms with E-state index < -0.39 is 0 Å². The summed E-state index contributed by atoms with van der Waals surface area (Å²) >= 11 is 5.86. The number of carbonyl (C=O) groups is 1. The molecule has 0 radical (unpaired) electrons. The normalized spacial score (nSPS) is 22.7. The maximum absolute atomic E-state index is 12.5. The van der Waals surface area contributed by atoms with Crippen molar-refractivity contribution in [3.63, 3.8) is 0 Å². The number of amides is 1. The zero-order valence-corrected chi connectivity index (χ0v) is 11.8. The topological polar surface area (TPSA) is 101 Å². The van der Waals surface area contributed by atoms with Crippen molar-refractivity contribution in [2.45, 2.75) is 19.1 Å². The second kappa shape index (κ2) is 6.36. The van der Waals surface area contributed by atoms with Crippen LogP contribution in [-0.2, 0) is 4.74 Å². The minimum absolute atomic E-state index is 0.0773. The van der Waals surface area contributed by atoms with Crippen LogP contribution in [0.25, 0.3) is 0 Å². The third-order valence-electron chi connectivity index (χ3n) is 3.16. The maximum Gasteiger partial charge on any atom is 0.254 e. The average molecular weight is 301 g/mol. The van der Waals surface area contributed by atoms with Crippen molar-refractivity contribution < 1.29 is 14.6 Å². The SMILES string of the molecule is CC1COC(CO)CN1C(=O)c1cc(Cl)nc(NN)c1. The molecule has 0 aromatic carbocycles. The van der Waals surface area contributed by atoms with Crippen molar-refractivity contribution in [2.75, 3.05) is 25.2 Å². The number of nitrogens with two attached hydrogens (primary N) is 1. The summed E-state index contributed by atoms with van der Waals surface area (Å²) in [6.07, 6.45) is -0.362. The number of rotatable bonds is 3. The lowest BCUT2D eigenvalue weighted by molar-refractivity contribution is -0.0667. The summed E-state index contributed by atoms with van der Waals surface area (Å²) < 4.78 is 5.41. The van der Waals surface area contributed by atoms with E-state index in [-0.39, 0.29) is 29.8 Å². The molecule has 1 aromatic heterocycles. The number of carbonyl (C=O) groups excluding carboxylic acids is 1. The van der Waals surface area contributed by atoms with Gasteiger partial charge in [-0.1, -0.05) is 11.6 Å². The number of aliphatic hydroxyl groups excluding tert-OH is 1. The van der Waals surface area contributed by atoms with E-state index in [4.69, 9.17) is 27.3 Å². The fourth-order valence-electron chi connectivity index (χ4n) is 2.07. The minimum Gasteiger partial charge on any atom is -0.394 e. The number of hydrogen-bond donors (Lipinski definition) is 3. The molecule has 0 aliphatic carbocycles. The van der Waals surface area contributed by atoms with Crippen molar-refractivity contribution in [3.8, 4) is 0 Å². The number of hydrogen-bond acceptors (Lipinski definition) is 6. The highest BCUT2D eigenvalue weighted by atomic mass is 35.5. The molecule has 1 aliphatic heterocycles. The van der Waals surface area contributed by atoms with Crippen LogP contribution < -0.4 is 11.3 Å². The van der Waals surface area contributed by atoms with Crippen LogP contribution >= 0.6 is 11.6 Å². The quantitative estimate of drug-likeness (QED) is 0.420. The summed E-state index contributed by atoms with van der Waals surface area (Å²) in [5, 5.41) is 9.34. The van der Waals surface area contributed by atoms with Gasteiger partial charge < -0.3 is 20.2 Å². The molecular weight excluding hydrogens is 284 g/mol. The van der Waals surface area contributed by atoms with Gasteiger partial charge in [0.05, 0.1) is 25.4 Å². The third kappa shape index (κ3) is 3.18. The lowest BCUT2D eigenvalue weighted by Crippen LogP contribution is -2.52. The highest BCUT2D eigenvalue weighted by Crippen LogP contribution is 2.19. The van der Waals surface area contributed by atoms with E-state index in [1.807, 2.05) is 6.92 Å². The number of morpholine rings is 1. The monoisotopic (exact) mass is 300 g/mol. The fourth-order valence-corrected chi connectivity index (χ4v) is 2.28. The molecule has 0 bridgehead atoms. The summed E-state index contributed by atoms with van der Waals surface area (Å²) in [4.78, 5) is 18.1. The number of pyridine rings is 1. The summed E-state index contributed by atoms with van der Waals surface area (Å²) in [6, 6.07) is 2.94. The predicted molar refractivity (Wildman–Crippen MR) is 74.4 cm³/mol. The zero-order chi connectivity index (χ0) is 14.7. The van der Waals surface area contributed by atoms with Crippen molar-refractivity contribution in [3.05, 3.63) is 22.8 Å². The number of ether oxygens (including phenoxy) is 1. The number of anilines is 1. The highest BCUT2D eigenvalue weighted by Gasteiger charge is 2.30. The minimum atomic E-state index is -0.362. The Balaban J connectivity index is 2.23. The van der Waals surface area contributed by atoms with Crippen molar-refractivity contribution >= 4 is 23.3 Å². The molecule has 2 unspecified atom stereocenters. The van der Waals surface area contributed by atoms with Crippen LogP contribution in [-0.4, -0.2) is 52.8 Å². The summed E-state index contributed by atoms with van der Waals surface area (Å²) in [5.74, 6) is 5.41. The van der Waals surface area contributed by atoms with Crippen molar-refractivity contribution in [2.24, 2.45) is 5.84 Å². The molecule has 1 aromatic rings. The Morgan fingerprint density at radius 2 is 2.45 bits per heavy atom. The van der Waals surface area contributed by atoms with Crippen LogP contribution in [0.1, 0.15) is 17.3 Å². The van der Waals surface area contributed by atoms with E-state index in [0.29, 0.717) is 24.5 Å². The molecule has 8 heteroatoms. The van der Waals surface area contributed by atoms with E-state index in [1.165, 1.54) is 12.1 Å². The molecule has 2 heterocycles. The van der Waals surface area contributed by atoms with Crippen LogP contribution in [0.3, 0.4) is 0 Å². The van der Waals surface area contributed by atoms with E-state index in [1.54, 1.807) is 4.90 Å². The van der Waals surface area contributed by atoms with Gasteiger partial charge in [0.1, 0.15) is 11.0 Å². The summed E-state index contributed by atoms with van der Waals surface area (Å²) in [7, 11) is 0. The molecular formula is C12H17ClN4O3. The van der Waals surface area contributed by atoms with E-state index >= 15 is 0 Å². The van der Waals surface area contributed by atoms with Gasteiger partial charge in [-0.25, -0.2) is 10.8 Å². The molecule has 0 saturated carbocycles. The molecule has 1 amide bonds. The molecule has 1 fully saturated rings. The largest absolute Gasteiger partial charge is 0.394 e. The molecule has 20 heavy (non-hydrogen) atoms. The van der Waals surface area contributed by atoms with Crippen LogP contribution in [0.2, 0.25) is 5.15 Å². The van der Waals surface area contributed by atoms with Gasteiger partial charge in [-0.3, -0.25) is 4.79 Å². The van der Waals surface area contributed by atoms with Gasteiger partial charge >= 0.3 is 0 Å². The van der Waals surface area contributed by atoms with Crippen LogP contribution in [0.15, 0.2) is 12.1 Å². The number of nitrogen functional groups attached to an aromatic ring is 1. The first-order valence-electron chi connectivity index (χ1n) is 6.22. The number of nitrogens with one attached hydrogen (secondary N) is 1.